The molecule has 8 heteroatoms. The van der Waals surface area contributed by atoms with Crippen LogP contribution in [0, 0.1) is 5.41 Å². The van der Waals surface area contributed by atoms with E-state index in [0.29, 0.717) is 26.1 Å². The van der Waals surface area contributed by atoms with Gasteiger partial charge in [0.25, 0.3) is 0 Å². The van der Waals surface area contributed by atoms with Crippen molar-refractivity contribution in [3.63, 3.8) is 0 Å². The Hall–Kier alpha value is -1.83. The summed E-state index contributed by atoms with van der Waals surface area (Å²) in [7, 11) is 4.77. The number of amidine groups is 1. The largest absolute Gasteiger partial charge is 0.409 e. The molecule has 8 nitrogen and oxygen atoms in total. The molecule has 0 spiro atoms. The highest BCUT2D eigenvalue weighted by Gasteiger charge is 2.46. The number of oxime groups is 1. The van der Waals surface area contributed by atoms with E-state index in [1.165, 1.54) is 16.8 Å². The Morgan fingerprint density at radius 2 is 1.85 bits per heavy atom. The highest BCUT2D eigenvalue weighted by atomic mass is 16.5. The van der Waals surface area contributed by atoms with Gasteiger partial charge in [-0.1, -0.05) is 5.16 Å². The number of amides is 2. The molecule has 1 aliphatic rings. The molecule has 1 rings (SSSR count). The van der Waals surface area contributed by atoms with Gasteiger partial charge in [-0.2, -0.15) is 0 Å². The average Bonchev–Trinajstić information content (AvgIpc) is 2.45. The van der Waals surface area contributed by atoms with Gasteiger partial charge >= 0.3 is 0 Å². The number of likely N-dealkylation sites (N-methyl/N-ethyl adjacent to an activating group) is 2. The molecular formula is C12H22N4O4. The molecule has 0 saturated carbocycles. The number of hydrogen-bond donors (Lipinski definition) is 2. The zero-order chi connectivity index (χ0) is 15.3. The fraction of sp³-hybridized carbons (Fsp3) is 0.750. The Bertz CT molecular complexity index is 402. The second kappa shape index (κ2) is 6.56. The van der Waals surface area contributed by atoms with Gasteiger partial charge in [0.05, 0.1) is 6.54 Å². The quantitative estimate of drug-likeness (QED) is 0.300. The van der Waals surface area contributed by atoms with Crippen LogP contribution in [0.3, 0.4) is 0 Å². The first kappa shape index (κ1) is 16.2. The number of hydrogen-bond acceptors (Lipinski definition) is 5. The second-order valence-corrected chi connectivity index (χ2v) is 5.13. The Labute approximate surface area is 118 Å². The molecule has 2 amide bonds. The Morgan fingerprint density at radius 3 is 2.30 bits per heavy atom. The first-order valence-corrected chi connectivity index (χ1v) is 6.36. The molecule has 0 bridgehead atoms. The lowest BCUT2D eigenvalue weighted by Gasteiger charge is -2.37. The number of ether oxygens (including phenoxy) is 1. The van der Waals surface area contributed by atoms with Crippen LogP contribution in [-0.4, -0.2) is 73.6 Å². The van der Waals surface area contributed by atoms with Crippen molar-refractivity contribution < 1.29 is 19.5 Å². The summed E-state index contributed by atoms with van der Waals surface area (Å²) in [5, 5.41) is 11.9. The Morgan fingerprint density at radius 1 is 1.30 bits per heavy atom. The van der Waals surface area contributed by atoms with E-state index < -0.39 is 5.41 Å². The van der Waals surface area contributed by atoms with Crippen molar-refractivity contribution in [3.05, 3.63) is 0 Å². The molecule has 1 fully saturated rings. The van der Waals surface area contributed by atoms with E-state index in [9.17, 15) is 9.59 Å². The third-order valence-corrected chi connectivity index (χ3v) is 3.57. The summed E-state index contributed by atoms with van der Waals surface area (Å²) in [6.45, 7) is 0.669. The van der Waals surface area contributed by atoms with Gasteiger partial charge in [-0.3, -0.25) is 9.59 Å². The van der Waals surface area contributed by atoms with Crippen LogP contribution in [0.1, 0.15) is 12.8 Å². The van der Waals surface area contributed by atoms with Crippen LogP contribution >= 0.6 is 0 Å². The van der Waals surface area contributed by atoms with Crippen LogP contribution < -0.4 is 5.73 Å². The minimum atomic E-state index is -1.09. The van der Waals surface area contributed by atoms with Crippen molar-refractivity contribution in [2.75, 3.05) is 40.9 Å². The standard InChI is InChI=1S/C12H22N4O4/c1-15(2)9(17)8-16(3)11(18)12(10(13)14-19)4-6-20-7-5-12/h19H,4-8H2,1-3H3,(H2,13,14). The number of nitrogens with zero attached hydrogens (tertiary/aromatic N) is 3. The Kier molecular flexibility index (Phi) is 5.32. The second-order valence-electron chi connectivity index (χ2n) is 5.13. The maximum absolute atomic E-state index is 12.6. The van der Waals surface area contributed by atoms with Gasteiger partial charge < -0.3 is 25.5 Å². The Balaban J connectivity index is 2.91. The van der Waals surface area contributed by atoms with E-state index >= 15 is 0 Å². The fourth-order valence-corrected chi connectivity index (χ4v) is 2.18. The van der Waals surface area contributed by atoms with Crippen molar-refractivity contribution in [2.45, 2.75) is 12.8 Å². The predicted octanol–water partition coefficient (Wildman–Crippen LogP) is -0.924. The zero-order valence-electron chi connectivity index (χ0n) is 12.1. The van der Waals surface area contributed by atoms with Crippen LogP contribution in [-0.2, 0) is 14.3 Å². The first-order chi connectivity index (χ1) is 9.35. The molecule has 0 radical (unpaired) electrons. The molecule has 3 N–H and O–H groups in total. The van der Waals surface area contributed by atoms with Crippen molar-refractivity contribution in [1.82, 2.24) is 9.80 Å². The smallest absolute Gasteiger partial charge is 0.241 e. The summed E-state index contributed by atoms with van der Waals surface area (Å²) in [5.74, 6) is -0.649. The minimum Gasteiger partial charge on any atom is -0.409 e. The van der Waals surface area contributed by atoms with Gasteiger partial charge in [0.1, 0.15) is 5.41 Å². The number of carbonyl (C=O) groups excluding carboxylic acids is 2. The lowest BCUT2D eigenvalue weighted by atomic mass is 9.77. The van der Waals surface area contributed by atoms with Crippen LogP contribution in [0.4, 0.5) is 0 Å². The van der Waals surface area contributed by atoms with Crippen molar-refractivity contribution in [3.8, 4) is 0 Å². The van der Waals surface area contributed by atoms with Crippen LogP contribution in [0.15, 0.2) is 5.16 Å². The van der Waals surface area contributed by atoms with E-state index in [1.807, 2.05) is 0 Å². The summed E-state index contributed by atoms with van der Waals surface area (Å²) in [6, 6.07) is 0. The van der Waals surface area contributed by atoms with E-state index in [-0.39, 0.29) is 24.2 Å². The summed E-state index contributed by atoms with van der Waals surface area (Å²) in [4.78, 5) is 27.0. The van der Waals surface area contributed by atoms with Crippen molar-refractivity contribution in [1.29, 1.82) is 0 Å². The third-order valence-electron chi connectivity index (χ3n) is 3.57. The molecule has 1 aliphatic heterocycles. The average molecular weight is 286 g/mol. The fourth-order valence-electron chi connectivity index (χ4n) is 2.18. The van der Waals surface area contributed by atoms with E-state index in [4.69, 9.17) is 15.7 Å². The van der Waals surface area contributed by atoms with Crippen molar-refractivity contribution in [2.24, 2.45) is 16.3 Å². The number of rotatable bonds is 4. The van der Waals surface area contributed by atoms with E-state index in [0.717, 1.165) is 0 Å². The molecule has 0 atom stereocenters. The van der Waals surface area contributed by atoms with Gasteiger partial charge in [0, 0.05) is 34.4 Å². The van der Waals surface area contributed by atoms with Crippen LogP contribution in [0.25, 0.3) is 0 Å². The lowest BCUT2D eigenvalue weighted by molar-refractivity contribution is -0.145. The number of nitrogens with two attached hydrogens (primary N) is 1. The molecule has 0 aromatic heterocycles. The maximum atomic E-state index is 12.6. The molecule has 0 aliphatic carbocycles. The molecule has 114 valence electrons. The monoisotopic (exact) mass is 286 g/mol. The van der Waals surface area contributed by atoms with Gasteiger partial charge in [0.15, 0.2) is 5.84 Å². The van der Waals surface area contributed by atoms with Gasteiger partial charge in [-0.25, -0.2) is 0 Å². The highest BCUT2D eigenvalue weighted by Crippen LogP contribution is 2.32. The van der Waals surface area contributed by atoms with E-state index in [2.05, 4.69) is 5.16 Å². The summed E-state index contributed by atoms with van der Waals surface area (Å²) >= 11 is 0. The minimum absolute atomic E-state index is 0.0485. The molecule has 1 heterocycles. The highest BCUT2D eigenvalue weighted by molar-refractivity contribution is 6.07. The van der Waals surface area contributed by atoms with E-state index in [1.54, 1.807) is 14.1 Å². The molecule has 1 saturated heterocycles. The molecular weight excluding hydrogens is 264 g/mol. The SMILES string of the molecule is CN(C)C(=O)CN(C)C(=O)C1(C(N)=NO)CCOCC1. The molecule has 0 aromatic rings. The third kappa shape index (κ3) is 3.19. The van der Waals surface area contributed by atoms with Crippen LogP contribution in [0.5, 0.6) is 0 Å². The first-order valence-electron chi connectivity index (χ1n) is 6.36. The van der Waals surface area contributed by atoms with Gasteiger partial charge in [0.2, 0.25) is 11.8 Å². The summed E-state index contributed by atoms with van der Waals surface area (Å²) in [5.41, 5.74) is 4.62. The van der Waals surface area contributed by atoms with Crippen LogP contribution in [0.2, 0.25) is 0 Å². The topological polar surface area (TPSA) is 108 Å². The predicted molar refractivity (Wildman–Crippen MR) is 72.2 cm³/mol. The van der Waals surface area contributed by atoms with Crippen molar-refractivity contribution >= 4 is 17.6 Å². The molecule has 0 unspecified atom stereocenters. The molecule has 20 heavy (non-hydrogen) atoms. The number of carbonyl (C=O) groups is 2. The van der Waals surface area contributed by atoms with Gasteiger partial charge in [-0.05, 0) is 12.8 Å². The zero-order valence-corrected chi connectivity index (χ0v) is 12.1. The normalized spacial score (nSPS) is 18.4. The molecule has 0 aromatic carbocycles. The summed E-state index contributed by atoms with van der Waals surface area (Å²) < 4.78 is 5.23. The van der Waals surface area contributed by atoms with Gasteiger partial charge in [-0.15, -0.1) is 0 Å². The summed E-state index contributed by atoms with van der Waals surface area (Å²) in [6.07, 6.45) is 0.671. The lowest BCUT2D eigenvalue weighted by Crippen LogP contribution is -2.54. The maximum Gasteiger partial charge on any atom is 0.241 e.